The predicted molar refractivity (Wildman–Crippen MR) is 150 cm³/mol. The van der Waals surface area contributed by atoms with Gasteiger partial charge in [-0.05, 0) is 36.2 Å². The Bertz CT molecular complexity index is 1360. The van der Waals surface area contributed by atoms with Crippen LogP contribution in [-0.2, 0) is 17.2 Å². The zero-order valence-corrected chi connectivity index (χ0v) is 22.6. The molecule has 0 fully saturated rings. The van der Waals surface area contributed by atoms with Gasteiger partial charge in [0.25, 0.3) is 0 Å². The number of rotatable bonds is 4. The van der Waals surface area contributed by atoms with Crippen molar-refractivity contribution in [1.29, 1.82) is 0 Å². The molecule has 0 N–H and O–H groups in total. The molecule has 2 aliphatic heterocycles. The Morgan fingerprint density at radius 1 is 1.00 bits per heavy atom. The van der Waals surface area contributed by atoms with E-state index in [9.17, 15) is 0 Å². The van der Waals surface area contributed by atoms with Crippen LogP contribution >= 0.6 is 6.19 Å². The Hall–Kier alpha value is -2.46. The van der Waals surface area contributed by atoms with Crippen LogP contribution in [0.25, 0.3) is 5.69 Å². The maximum Gasteiger partial charge on any atom is 0.147 e. The number of para-hydroxylation sites is 2. The number of hydrogen-bond donors (Lipinski definition) is 0. The standard InChI is InChI=1S/C28H33N4PS/c1-7-31(8-2)33(34)24(26-28(4,5)22-16-12-13-17-23(22)30(26)6)18-29-27-25(33)20(3)19-32(27)21-14-10-9-11-15-21/h9-19H,7-8H2,1-6H3. The lowest BCUT2D eigenvalue weighted by Crippen LogP contribution is -2.33. The van der Waals surface area contributed by atoms with Gasteiger partial charge in [-0.1, -0.05) is 75.9 Å². The van der Waals surface area contributed by atoms with E-state index in [-0.39, 0.29) is 5.41 Å². The Balaban J connectivity index is 1.83. The van der Waals surface area contributed by atoms with E-state index in [4.69, 9.17) is 16.8 Å². The van der Waals surface area contributed by atoms with Crippen LogP contribution in [0.1, 0.15) is 38.8 Å². The van der Waals surface area contributed by atoms with E-state index in [1.807, 2.05) is 6.07 Å². The quantitative estimate of drug-likeness (QED) is 0.392. The van der Waals surface area contributed by atoms with Gasteiger partial charge in [0.05, 0.1) is 11.5 Å². The highest BCUT2D eigenvalue weighted by Gasteiger charge is 2.46. The van der Waals surface area contributed by atoms with Crippen LogP contribution in [0.4, 0.5) is 11.5 Å². The van der Waals surface area contributed by atoms with E-state index < -0.39 is 6.19 Å². The minimum atomic E-state index is -2.32. The fraction of sp³-hybridized carbons (Fsp3) is 0.321. The summed E-state index contributed by atoms with van der Waals surface area (Å²) in [4.78, 5) is 7.47. The third-order valence-electron chi connectivity index (χ3n) is 7.35. The number of fused-ring (bicyclic) bond motifs is 2. The summed E-state index contributed by atoms with van der Waals surface area (Å²) in [5.41, 5.74) is 6.07. The molecule has 0 spiro atoms. The average Bonchev–Trinajstić information content (AvgIpc) is 3.28. The number of aryl methyl sites for hydroxylation is 1. The second kappa shape index (κ2) is 8.34. The van der Waals surface area contributed by atoms with Crippen LogP contribution in [0.2, 0.25) is 0 Å². The van der Waals surface area contributed by atoms with Gasteiger partial charge in [0.1, 0.15) is 5.82 Å². The Labute approximate surface area is 208 Å². The summed E-state index contributed by atoms with van der Waals surface area (Å²) in [7, 11) is 2.18. The van der Waals surface area contributed by atoms with E-state index >= 15 is 0 Å². The summed E-state index contributed by atoms with van der Waals surface area (Å²) < 4.78 is 4.73. The molecular weight excluding hydrogens is 455 g/mol. The molecule has 0 amide bonds. The first-order valence-electron chi connectivity index (χ1n) is 12.0. The van der Waals surface area contributed by atoms with Crippen molar-refractivity contribution in [2.75, 3.05) is 25.0 Å². The van der Waals surface area contributed by atoms with Crippen molar-refractivity contribution >= 4 is 41.0 Å². The molecule has 3 aromatic rings. The molecule has 4 nitrogen and oxygen atoms in total. The zero-order valence-electron chi connectivity index (χ0n) is 20.9. The van der Waals surface area contributed by atoms with Crippen LogP contribution < -0.4 is 10.2 Å². The van der Waals surface area contributed by atoms with Crippen LogP contribution in [-0.4, -0.2) is 35.6 Å². The second-order valence-electron chi connectivity index (χ2n) is 9.60. The fourth-order valence-electron chi connectivity index (χ4n) is 5.79. The molecule has 0 bridgehead atoms. The van der Waals surface area contributed by atoms with Crippen molar-refractivity contribution in [3.8, 4) is 5.69 Å². The summed E-state index contributed by atoms with van der Waals surface area (Å²) in [5.74, 6) is 0.985. The third kappa shape index (κ3) is 3.14. The molecule has 2 aromatic carbocycles. The van der Waals surface area contributed by atoms with E-state index in [0.29, 0.717) is 0 Å². The number of aromatic nitrogens is 1. The van der Waals surface area contributed by atoms with E-state index in [1.165, 1.54) is 33.1 Å². The molecule has 5 rings (SSSR count). The molecule has 3 heterocycles. The summed E-state index contributed by atoms with van der Waals surface area (Å²) in [6.07, 6.45) is 1.99. The van der Waals surface area contributed by atoms with Gasteiger partial charge in [-0.15, -0.1) is 0 Å². The highest BCUT2D eigenvalue weighted by Crippen LogP contribution is 2.64. The first kappa shape index (κ1) is 23.3. The predicted octanol–water partition coefficient (Wildman–Crippen LogP) is 6.50. The first-order chi connectivity index (χ1) is 16.3. The molecular formula is C28H33N4PS. The topological polar surface area (TPSA) is 23.8 Å². The molecule has 1 aromatic heterocycles. The van der Waals surface area contributed by atoms with E-state index in [1.54, 1.807) is 0 Å². The SMILES string of the molecule is CCN(CC)P1(=S)C(=C2N(C)c3ccccc3C2(C)C)C=Nc2c1c(C)cn2-c1ccccc1. The number of nitrogens with zero attached hydrogens (tertiary/aromatic N) is 4. The van der Waals surface area contributed by atoms with Gasteiger partial charge in [-0.2, -0.15) is 0 Å². The summed E-state index contributed by atoms with van der Waals surface area (Å²) in [6, 6.07) is 19.2. The summed E-state index contributed by atoms with van der Waals surface area (Å²) in [5, 5.41) is 2.46. The average molecular weight is 489 g/mol. The summed E-state index contributed by atoms with van der Waals surface area (Å²) >= 11 is 6.85. The first-order valence-corrected chi connectivity index (χ1v) is 14.8. The van der Waals surface area contributed by atoms with Gasteiger partial charge in [-0.25, -0.2) is 4.99 Å². The number of benzene rings is 2. The fourth-order valence-corrected chi connectivity index (χ4v) is 11.1. The van der Waals surface area contributed by atoms with Gasteiger partial charge in [0, 0.05) is 60.3 Å². The minimum absolute atomic E-state index is 0.155. The number of allylic oxidation sites excluding steroid dienone is 2. The van der Waals surface area contributed by atoms with Crippen LogP contribution in [0.3, 0.4) is 0 Å². The maximum absolute atomic E-state index is 6.85. The molecule has 0 saturated carbocycles. The second-order valence-corrected chi connectivity index (χ2v) is 13.8. The highest BCUT2D eigenvalue weighted by atomic mass is 32.4. The van der Waals surface area contributed by atoms with Gasteiger partial charge in [-0.3, -0.25) is 4.67 Å². The number of likely N-dealkylation sites (N-methyl/N-ethyl adjacent to an activating group) is 1. The van der Waals surface area contributed by atoms with Crippen molar-refractivity contribution in [2.45, 2.75) is 40.0 Å². The Kier molecular flexibility index (Phi) is 5.71. The highest BCUT2D eigenvalue weighted by molar-refractivity contribution is 8.19. The Morgan fingerprint density at radius 3 is 2.29 bits per heavy atom. The number of hydrogen-bond acceptors (Lipinski definition) is 3. The monoisotopic (exact) mass is 488 g/mol. The molecule has 1 unspecified atom stereocenters. The molecule has 34 heavy (non-hydrogen) atoms. The molecule has 0 radical (unpaired) electrons. The normalized spacial score (nSPS) is 22.9. The lowest BCUT2D eigenvalue weighted by atomic mass is 9.84. The van der Waals surface area contributed by atoms with Crippen molar-refractivity contribution in [3.63, 3.8) is 0 Å². The van der Waals surface area contributed by atoms with Crippen molar-refractivity contribution in [2.24, 2.45) is 4.99 Å². The smallest absolute Gasteiger partial charge is 0.147 e. The third-order valence-corrected chi connectivity index (χ3v) is 12.7. The molecule has 1 atom stereocenters. The number of aliphatic imine (C=N–C) groups is 1. The van der Waals surface area contributed by atoms with E-state index in [2.05, 4.69) is 117 Å². The van der Waals surface area contributed by atoms with Gasteiger partial charge < -0.3 is 9.47 Å². The largest absolute Gasteiger partial charge is 0.346 e. The zero-order chi connectivity index (χ0) is 24.3. The van der Waals surface area contributed by atoms with Crippen molar-refractivity contribution in [3.05, 3.63) is 82.9 Å². The van der Waals surface area contributed by atoms with Crippen LogP contribution in [0.15, 0.2) is 76.8 Å². The molecule has 0 saturated heterocycles. The molecule has 2 aliphatic rings. The van der Waals surface area contributed by atoms with Crippen LogP contribution in [0.5, 0.6) is 0 Å². The lowest BCUT2D eigenvalue weighted by Gasteiger charge is -2.40. The Morgan fingerprint density at radius 2 is 1.65 bits per heavy atom. The molecule has 6 heteroatoms. The lowest BCUT2D eigenvalue weighted by molar-refractivity contribution is 0.511. The minimum Gasteiger partial charge on any atom is -0.346 e. The molecule has 0 aliphatic carbocycles. The molecule has 176 valence electrons. The van der Waals surface area contributed by atoms with Gasteiger partial charge in [0.15, 0.2) is 0 Å². The summed E-state index contributed by atoms with van der Waals surface area (Å²) in [6.45, 7) is 13.1. The van der Waals surface area contributed by atoms with Crippen molar-refractivity contribution < 1.29 is 0 Å². The maximum atomic E-state index is 6.85. The van der Waals surface area contributed by atoms with E-state index in [0.717, 1.165) is 24.6 Å². The van der Waals surface area contributed by atoms with Crippen molar-refractivity contribution in [1.82, 2.24) is 9.24 Å². The van der Waals surface area contributed by atoms with Crippen LogP contribution in [0, 0.1) is 6.92 Å². The van der Waals surface area contributed by atoms with Gasteiger partial charge in [0.2, 0.25) is 0 Å². The number of anilines is 1. The van der Waals surface area contributed by atoms with Gasteiger partial charge >= 0.3 is 0 Å².